The molecule has 0 saturated heterocycles. The SMILES string of the molecule is Cc1nn(-c2cc(C#N)ccn2)c(C)c1CC(=O)O. The van der Waals surface area contributed by atoms with Gasteiger partial charge in [0.05, 0.1) is 23.7 Å². The molecule has 2 rings (SSSR count). The summed E-state index contributed by atoms with van der Waals surface area (Å²) in [6.45, 7) is 3.55. The molecule has 2 aromatic rings. The second-order valence-corrected chi connectivity index (χ2v) is 4.15. The van der Waals surface area contributed by atoms with Gasteiger partial charge in [0.25, 0.3) is 0 Å². The van der Waals surface area contributed by atoms with Crippen LogP contribution in [0.25, 0.3) is 5.82 Å². The van der Waals surface area contributed by atoms with E-state index in [1.165, 1.54) is 6.20 Å². The number of pyridine rings is 1. The van der Waals surface area contributed by atoms with Crippen LogP contribution in [0, 0.1) is 25.2 Å². The topological polar surface area (TPSA) is 91.8 Å². The molecule has 0 spiro atoms. The summed E-state index contributed by atoms with van der Waals surface area (Å²) in [4.78, 5) is 15.0. The quantitative estimate of drug-likeness (QED) is 0.895. The van der Waals surface area contributed by atoms with Gasteiger partial charge in [0, 0.05) is 23.5 Å². The van der Waals surface area contributed by atoms with Gasteiger partial charge in [-0.15, -0.1) is 0 Å². The standard InChI is InChI=1S/C13H12N4O2/c1-8-11(6-13(18)19)9(2)17(16-8)12-5-10(7-14)3-4-15-12/h3-5H,6H2,1-2H3,(H,18,19). The molecule has 0 aliphatic rings. The summed E-state index contributed by atoms with van der Waals surface area (Å²) in [7, 11) is 0. The lowest BCUT2D eigenvalue weighted by atomic mass is 10.1. The molecule has 0 aliphatic heterocycles. The van der Waals surface area contributed by atoms with E-state index in [0.29, 0.717) is 22.6 Å². The lowest BCUT2D eigenvalue weighted by Crippen LogP contribution is -2.04. The number of carbonyl (C=O) groups is 1. The monoisotopic (exact) mass is 256 g/mol. The number of nitrogens with zero attached hydrogens (tertiary/aromatic N) is 4. The summed E-state index contributed by atoms with van der Waals surface area (Å²) in [6, 6.07) is 5.25. The van der Waals surface area contributed by atoms with Gasteiger partial charge in [0.2, 0.25) is 0 Å². The Balaban J connectivity index is 2.51. The molecule has 0 atom stereocenters. The fraction of sp³-hybridized carbons (Fsp3) is 0.231. The molecule has 0 fully saturated rings. The first-order valence-corrected chi connectivity index (χ1v) is 5.66. The number of aryl methyl sites for hydroxylation is 1. The van der Waals surface area contributed by atoms with Crippen molar-refractivity contribution in [2.24, 2.45) is 0 Å². The van der Waals surface area contributed by atoms with E-state index in [1.54, 1.807) is 30.7 Å². The third-order valence-corrected chi connectivity index (χ3v) is 2.86. The lowest BCUT2D eigenvalue weighted by molar-refractivity contribution is -0.136. The molecule has 2 heterocycles. The van der Waals surface area contributed by atoms with Gasteiger partial charge in [-0.05, 0) is 19.9 Å². The first-order valence-electron chi connectivity index (χ1n) is 5.66. The molecule has 96 valence electrons. The Hall–Kier alpha value is -2.68. The molecule has 1 N–H and O–H groups in total. The highest BCUT2D eigenvalue weighted by molar-refractivity contribution is 5.71. The van der Waals surface area contributed by atoms with Crippen molar-refractivity contribution in [3.05, 3.63) is 40.8 Å². The van der Waals surface area contributed by atoms with Crippen LogP contribution in [0.2, 0.25) is 0 Å². The van der Waals surface area contributed by atoms with Crippen LogP contribution < -0.4 is 0 Å². The Kier molecular flexibility index (Phi) is 3.29. The normalized spacial score (nSPS) is 10.2. The summed E-state index contributed by atoms with van der Waals surface area (Å²) >= 11 is 0. The zero-order chi connectivity index (χ0) is 14.0. The van der Waals surface area contributed by atoms with Crippen LogP contribution in [0.15, 0.2) is 18.3 Å². The Morgan fingerprint density at radius 2 is 2.26 bits per heavy atom. The molecule has 6 nitrogen and oxygen atoms in total. The number of rotatable bonds is 3. The van der Waals surface area contributed by atoms with Gasteiger partial charge in [0.15, 0.2) is 5.82 Å². The molecular weight excluding hydrogens is 244 g/mol. The van der Waals surface area contributed by atoms with Gasteiger partial charge in [-0.1, -0.05) is 0 Å². The van der Waals surface area contributed by atoms with Gasteiger partial charge < -0.3 is 5.11 Å². The van der Waals surface area contributed by atoms with Crippen molar-refractivity contribution in [3.8, 4) is 11.9 Å². The van der Waals surface area contributed by atoms with Crippen molar-refractivity contribution in [3.63, 3.8) is 0 Å². The number of aromatic nitrogens is 3. The van der Waals surface area contributed by atoms with E-state index < -0.39 is 5.97 Å². The number of carboxylic acids is 1. The van der Waals surface area contributed by atoms with Gasteiger partial charge in [0.1, 0.15) is 0 Å². The molecule has 0 aliphatic carbocycles. The molecule has 19 heavy (non-hydrogen) atoms. The van der Waals surface area contributed by atoms with E-state index in [-0.39, 0.29) is 6.42 Å². The second kappa shape index (κ2) is 4.90. The fourth-order valence-electron chi connectivity index (χ4n) is 1.91. The molecule has 0 unspecified atom stereocenters. The summed E-state index contributed by atoms with van der Waals surface area (Å²) in [5.41, 5.74) is 2.54. The van der Waals surface area contributed by atoms with E-state index in [0.717, 1.165) is 5.69 Å². The summed E-state index contributed by atoms with van der Waals surface area (Å²) < 4.78 is 1.56. The third-order valence-electron chi connectivity index (χ3n) is 2.86. The minimum absolute atomic E-state index is 0.0738. The van der Waals surface area contributed by atoms with Crippen LogP contribution in [0.5, 0.6) is 0 Å². The molecule has 0 radical (unpaired) electrons. The van der Waals surface area contributed by atoms with Crippen molar-refractivity contribution >= 4 is 5.97 Å². The van der Waals surface area contributed by atoms with E-state index in [4.69, 9.17) is 10.4 Å². The summed E-state index contributed by atoms with van der Waals surface area (Å²) in [6.07, 6.45) is 1.46. The molecular formula is C13H12N4O2. The molecule has 6 heteroatoms. The molecule has 0 amide bonds. The number of carboxylic acid groups (broad SMARTS) is 1. The molecule has 0 saturated carbocycles. The van der Waals surface area contributed by atoms with Crippen LogP contribution in [0.1, 0.15) is 22.5 Å². The van der Waals surface area contributed by atoms with Crippen LogP contribution in [-0.2, 0) is 11.2 Å². The molecule has 2 aromatic heterocycles. The number of hydrogen-bond donors (Lipinski definition) is 1. The first kappa shape index (κ1) is 12.8. The van der Waals surface area contributed by atoms with Crippen molar-refractivity contribution in [2.75, 3.05) is 0 Å². The Bertz CT molecular complexity index is 682. The van der Waals surface area contributed by atoms with Gasteiger partial charge in [-0.2, -0.15) is 10.4 Å². The predicted molar refractivity (Wildman–Crippen MR) is 66.9 cm³/mol. The van der Waals surface area contributed by atoms with Crippen LogP contribution >= 0.6 is 0 Å². The van der Waals surface area contributed by atoms with Gasteiger partial charge in [-0.3, -0.25) is 4.79 Å². The zero-order valence-electron chi connectivity index (χ0n) is 10.6. The smallest absolute Gasteiger partial charge is 0.307 e. The zero-order valence-corrected chi connectivity index (χ0v) is 10.6. The number of hydrogen-bond acceptors (Lipinski definition) is 4. The lowest BCUT2D eigenvalue weighted by Gasteiger charge is -2.03. The molecule has 0 aromatic carbocycles. The average Bonchev–Trinajstić information content (AvgIpc) is 2.66. The van der Waals surface area contributed by atoms with Gasteiger partial charge in [-0.25, -0.2) is 9.67 Å². The van der Waals surface area contributed by atoms with E-state index >= 15 is 0 Å². The van der Waals surface area contributed by atoms with E-state index in [1.807, 2.05) is 6.07 Å². The summed E-state index contributed by atoms with van der Waals surface area (Å²) in [5.74, 6) is -0.388. The number of aliphatic carboxylic acids is 1. The maximum atomic E-state index is 10.8. The van der Waals surface area contributed by atoms with Crippen LogP contribution in [-0.4, -0.2) is 25.8 Å². The Labute approximate surface area is 109 Å². The van der Waals surface area contributed by atoms with Crippen molar-refractivity contribution in [1.82, 2.24) is 14.8 Å². The highest BCUT2D eigenvalue weighted by Crippen LogP contribution is 2.17. The van der Waals surface area contributed by atoms with Crippen molar-refractivity contribution in [1.29, 1.82) is 5.26 Å². The highest BCUT2D eigenvalue weighted by atomic mass is 16.4. The maximum absolute atomic E-state index is 10.8. The largest absolute Gasteiger partial charge is 0.481 e. The minimum atomic E-state index is -0.899. The Morgan fingerprint density at radius 3 is 2.89 bits per heavy atom. The average molecular weight is 256 g/mol. The first-order chi connectivity index (χ1) is 9.02. The van der Waals surface area contributed by atoms with Crippen molar-refractivity contribution in [2.45, 2.75) is 20.3 Å². The van der Waals surface area contributed by atoms with Crippen LogP contribution in [0.3, 0.4) is 0 Å². The third kappa shape index (κ3) is 2.45. The summed E-state index contributed by atoms with van der Waals surface area (Å²) in [5, 5.41) is 22.0. The van der Waals surface area contributed by atoms with Gasteiger partial charge >= 0.3 is 5.97 Å². The van der Waals surface area contributed by atoms with Crippen LogP contribution in [0.4, 0.5) is 0 Å². The fourth-order valence-corrected chi connectivity index (χ4v) is 1.91. The highest BCUT2D eigenvalue weighted by Gasteiger charge is 2.16. The maximum Gasteiger partial charge on any atom is 0.307 e. The predicted octanol–water partition coefficient (Wildman–Crippen LogP) is 1.38. The Morgan fingerprint density at radius 1 is 1.53 bits per heavy atom. The van der Waals surface area contributed by atoms with E-state index in [9.17, 15) is 4.79 Å². The second-order valence-electron chi connectivity index (χ2n) is 4.15. The number of nitriles is 1. The molecule has 0 bridgehead atoms. The van der Waals surface area contributed by atoms with E-state index in [2.05, 4.69) is 10.1 Å². The minimum Gasteiger partial charge on any atom is -0.481 e. The van der Waals surface area contributed by atoms with Crippen molar-refractivity contribution < 1.29 is 9.90 Å².